The lowest BCUT2D eigenvalue weighted by Crippen LogP contribution is -2.37. The molecule has 0 saturated carbocycles. The number of aldehydes is 1. The summed E-state index contributed by atoms with van der Waals surface area (Å²) in [4.78, 5) is 31.4. The van der Waals surface area contributed by atoms with E-state index in [1.54, 1.807) is 19.1 Å². The fourth-order valence-corrected chi connectivity index (χ4v) is 1.89. The van der Waals surface area contributed by atoms with Crippen molar-refractivity contribution in [1.82, 2.24) is 15.3 Å². The number of nitriles is 1. The summed E-state index contributed by atoms with van der Waals surface area (Å²) >= 11 is 0. The van der Waals surface area contributed by atoms with Crippen molar-refractivity contribution >= 4 is 23.2 Å². The van der Waals surface area contributed by atoms with E-state index in [0.29, 0.717) is 17.3 Å². The zero-order valence-corrected chi connectivity index (χ0v) is 11.5. The highest BCUT2D eigenvalue weighted by molar-refractivity contribution is 5.95. The topological polar surface area (TPSA) is 95.7 Å². The van der Waals surface area contributed by atoms with Crippen molar-refractivity contribution in [2.75, 3.05) is 0 Å². The van der Waals surface area contributed by atoms with Crippen molar-refractivity contribution in [1.29, 1.82) is 5.26 Å². The third-order valence-corrected chi connectivity index (χ3v) is 2.99. The number of nitrogens with one attached hydrogen (secondary N) is 1. The van der Waals surface area contributed by atoms with Crippen LogP contribution in [0.2, 0.25) is 0 Å². The van der Waals surface area contributed by atoms with Gasteiger partial charge < -0.3 is 10.1 Å². The van der Waals surface area contributed by atoms with Crippen LogP contribution in [0.3, 0.4) is 0 Å². The highest BCUT2D eigenvalue weighted by Gasteiger charge is 2.17. The van der Waals surface area contributed by atoms with Gasteiger partial charge in [-0.2, -0.15) is 5.26 Å². The van der Waals surface area contributed by atoms with E-state index in [1.165, 1.54) is 6.20 Å². The molecule has 2 unspecified atom stereocenters. The summed E-state index contributed by atoms with van der Waals surface area (Å²) in [6.07, 6.45) is 2.26. The molecule has 6 nitrogen and oxygen atoms in total. The zero-order valence-electron chi connectivity index (χ0n) is 11.5. The van der Waals surface area contributed by atoms with Crippen LogP contribution in [0, 0.1) is 17.2 Å². The Morgan fingerprint density at radius 3 is 2.81 bits per heavy atom. The van der Waals surface area contributed by atoms with Gasteiger partial charge in [0.05, 0.1) is 29.3 Å². The van der Waals surface area contributed by atoms with Crippen LogP contribution in [-0.2, 0) is 4.79 Å². The van der Waals surface area contributed by atoms with E-state index in [9.17, 15) is 9.59 Å². The maximum absolute atomic E-state index is 12.1. The predicted molar refractivity (Wildman–Crippen MR) is 76.3 cm³/mol. The van der Waals surface area contributed by atoms with Crippen LogP contribution >= 0.6 is 0 Å². The molecule has 0 bridgehead atoms. The Morgan fingerprint density at radius 1 is 1.43 bits per heavy atom. The molecule has 106 valence electrons. The Bertz CT molecular complexity index is 708. The van der Waals surface area contributed by atoms with Crippen LogP contribution in [0.4, 0.5) is 0 Å². The number of amides is 1. The van der Waals surface area contributed by atoms with Crippen LogP contribution in [0.25, 0.3) is 11.0 Å². The number of nitrogens with zero attached hydrogens (tertiary/aromatic N) is 3. The molecule has 0 aliphatic heterocycles. The number of rotatable bonds is 5. The second kappa shape index (κ2) is 6.57. The van der Waals surface area contributed by atoms with E-state index in [2.05, 4.69) is 15.3 Å². The minimum Gasteiger partial charge on any atom is -0.341 e. The van der Waals surface area contributed by atoms with Gasteiger partial charge in [-0.05, 0) is 25.5 Å². The number of carbonyl (C=O) groups is 2. The SMILES string of the molecule is CC(C#N)CC(C=O)NC(=O)c1cnc2ccccc2n1. The molecule has 1 amide bonds. The Kier molecular flexibility index (Phi) is 4.57. The van der Waals surface area contributed by atoms with Gasteiger partial charge in [-0.1, -0.05) is 12.1 Å². The number of hydrogen-bond acceptors (Lipinski definition) is 5. The molecule has 1 aromatic heterocycles. The van der Waals surface area contributed by atoms with Gasteiger partial charge >= 0.3 is 0 Å². The monoisotopic (exact) mass is 282 g/mol. The Morgan fingerprint density at radius 2 is 2.14 bits per heavy atom. The number of aromatic nitrogens is 2. The summed E-state index contributed by atoms with van der Waals surface area (Å²) in [6.45, 7) is 1.69. The zero-order chi connectivity index (χ0) is 15.2. The smallest absolute Gasteiger partial charge is 0.272 e. The van der Waals surface area contributed by atoms with Crippen molar-refractivity contribution in [2.24, 2.45) is 5.92 Å². The normalized spacial score (nSPS) is 13.1. The lowest BCUT2D eigenvalue weighted by molar-refractivity contribution is -0.109. The molecule has 1 heterocycles. The first kappa shape index (κ1) is 14.6. The average Bonchev–Trinajstić information content (AvgIpc) is 2.53. The first-order chi connectivity index (χ1) is 10.1. The number of benzene rings is 1. The van der Waals surface area contributed by atoms with Gasteiger partial charge in [0.1, 0.15) is 12.0 Å². The van der Waals surface area contributed by atoms with Gasteiger partial charge in [-0.25, -0.2) is 4.98 Å². The fraction of sp³-hybridized carbons (Fsp3) is 0.267. The Labute approximate surface area is 121 Å². The fourth-order valence-electron chi connectivity index (χ4n) is 1.89. The van der Waals surface area contributed by atoms with E-state index in [-0.39, 0.29) is 18.0 Å². The van der Waals surface area contributed by atoms with Crippen molar-refractivity contribution in [3.8, 4) is 6.07 Å². The molecule has 2 atom stereocenters. The largest absolute Gasteiger partial charge is 0.341 e. The van der Waals surface area contributed by atoms with Crippen molar-refractivity contribution in [3.63, 3.8) is 0 Å². The Balaban J connectivity index is 2.14. The first-order valence-corrected chi connectivity index (χ1v) is 6.51. The van der Waals surface area contributed by atoms with Gasteiger partial charge in [0.25, 0.3) is 5.91 Å². The summed E-state index contributed by atoms with van der Waals surface area (Å²) in [7, 11) is 0. The quantitative estimate of drug-likeness (QED) is 0.838. The van der Waals surface area contributed by atoms with Gasteiger partial charge in [0.15, 0.2) is 0 Å². The molecular weight excluding hydrogens is 268 g/mol. The maximum atomic E-state index is 12.1. The molecule has 1 N–H and O–H groups in total. The molecule has 0 aliphatic carbocycles. The summed E-state index contributed by atoms with van der Waals surface area (Å²) in [6, 6.07) is 8.52. The summed E-state index contributed by atoms with van der Waals surface area (Å²) in [5, 5.41) is 11.3. The van der Waals surface area contributed by atoms with Gasteiger partial charge in [0.2, 0.25) is 0 Å². The summed E-state index contributed by atoms with van der Waals surface area (Å²) < 4.78 is 0. The van der Waals surface area contributed by atoms with Crippen molar-refractivity contribution in [3.05, 3.63) is 36.2 Å². The molecule has 1 aromatic carbocycles. The van der Waals surface area contributed by atoms with Crippen LogP contribution in [0.1, 0.15) is 23.8 Å². The van der Waals surface area contributed by atoms with Crippen molar-refractivity contribution in [2.45, 2.75) is 19.4 Å². The summed E-state index contributed by atoms with van der Waals surface area (Å²) in [5.74, 6) is -0.793. The Hall–Kier alpha value is -2.81. The highest BCUT2D eigenvalue weighted by atomic mass is 16.2. The number of hydrogen-bond donors (Lipinski definition) is 1. The molecule has 0 spiro atoms. The number of para-hydroxylation sites is 2. The van der Waals surface area contributed by atoms with E-state index < -0.39 is 11.9 Å². The van der Waals surface area contributed by atoms with E-state index in [4.69, 9.17) is 5.26 Å². The van der Waals surface area contributed by atoms with Gasteiger partial charge in [0, 0.05) is 5.92 Å². The summed E-state index contributed by atoms with van der Waals surface area (Å²) in [5.41, 5.74) is 1.45. The number of carbonyl (C=O) groups excluding carboxylic acids is 2. The third-order valence-electron chi connectivity index (χ3n) is 2.99. The van der Waals surface area contributed by atoms with Crippen molar-refractivity contribution < 1.29 is 9.59 Å². The van der Waals surface area contributed by atoms with Gasteiger partial charge in [-0.3, -0.25) is 9.78 Å². The standard InChI is InChI=1S/C15H14N4O2/c1-10(7-16)6-11(9-20)18-15(21)14-8-17-12-4-2-3-5-13(12)19-14/h2-5,8-11H,6H2,1H3,(H,18,21). The molecule has 0 fully saturated rings. The van der Waals surface area contributed by atoms with E-state index in [0.717, 1.165) is 0 Å². The van der Waals surface area contributed by atoms with Crippen LogP contribution < -0.4 is 5.32 Å². The minimum absolute atomic E-state index is 0.144. The maximum Gasteiger partial charge on any atom is 0.272 e. The molecule has 0 radical (unpaired) electrons. The molecule has 2 aromatic rings. The number of fused-ring (bicyclic) bond motifs is 1. The molecular formula is C15H14N4O2. The molecule has 6 heteroatoms. The second-order valence-electron chi connectivity index (χ2n) is 4.73. The predicted octanol–water partition coefficient (Wildman–Crippen LogP) is 1.48. The van der Waals surface area contributed by atoms with Gasteiger partial charge in [-0.15, -0.1) is 0 Å². The molecule has 0 saturated heterocycles. The molecule has 0 aliphatic rings. The minimum atomic E-state index is -0.708. The van der Waals surface area contributed by atoms with E-state index in [1.807, 2.05) is 18.2 Å². The van der Waals surface area contributed by atoms with E-state index >= 15 is 0 Å². The molecule has 2 rings (SSSR count). The molecule has 21 heavy (non-hydrogen) atoms. The van der Waals surface area contributed by atoms with Crippen LogP contribution in [-0.4, -0.2) is 28.2 Å². The van der Waals surface area contributed by atoms with Crippen LogP contribution in [0.15, 0.2) is 30.5 Å². The highest BCUT2D eigenvalue weighted by Crippen LogP contribution is 2.09. The lowest BCUT2D eigenvalue weighted by atomic mass is 10.0. The van der Waals surface area contributed by atoms with Crippen LogP contribution in [0.5, 0.6) is 0 Å². The lowest BCUT2D eigenvalue weighted by Gasteiger charge is -2.13. The second-order valence-corrected chi connectivity index (χ2v) is 4.73. The first-order valence-electron chi connectivity index (χ1n) is 6.51. The average molecular weight is 282 g/mol. The third kappa shape index (κ3) is 3.60.